The fourth-order valence-corrected chi connectivity index (χ4v) is 5.07. The molecule has 18 heavy (non-hydrogen) atoms. The summed E-state index contributed by atoms with van der Waals surface area (Å²) in [5.41, 5.74) is 6.97. The highest BCUT2D eigenvalue weighted by atomic mass is 28.3. The Morgan fingerprint density at radius 2 is 1.44 bits per heavy atom. The first-order valence-electron chi connectivity index (χ1n) is 6.86. The molecule has 1 aromatic carbocycles. The van der Waals surface area contributed by atoms with Crippen LogP contribution in [0, 0.1) is 6.92 Å². The first kappa shape index (κ1) is 15.5. The van der Waals surface area contributed by atoms with Crippen molar-refractivity contribution >= 4 is 21.7 Å². The highest BCUT2D eigenvalue weighted by molar-refractivity contribution is 6.83. The number of benzene rings is 1. The van der Waals surface area contributed by atoms with E-state index in [2.05, 4.69) is 76.2 Å². The molecule has 0 aliphatic heterocycles. The zero-order chi connectivity index (χ0) is 14.0. The van der Waals surface area contributed by atoms with Gasteiger partial charge in [-0.2, -0.15) is 0 Å². The van der Waals surface area contributed by atoms with Gasteiger partial charge in [-0.1, -0.05) is 80.4 Å². The smallest absolute Gasteiger partial charge is 0.0690 e. The number of hydrogen-bond acceptors (Lipinski definition) is 0. The molecule has 2 heteroatoms. The number of allylic oxidation sites excluding steroid dienone is 1. The van der Waals surface area contributed by atoms with E-state index in [-0.39, 0.29) is 0 Å². The van der Waals surface area contributed by atoms with Crippen LogP contribution in [0.15, 0.2) is 30.0 Å². The molecular weight excluding hydrogens is 248 g/mol. The third kappa shape index (κ3) is 5.83. The summed E-state index contributed by atoms with van der Waals surface area (Å²) in [5.74, 6) is 0. The summed E-state index contributed by atoms with van der Waals surface area (Å²) in [4.78, 5) is 0. The molecule has 0 spiro atoms. The highest BCUT2D eigenvalue weighted by Crippen LogP contribution is 2.27. The zero-order valence-corrected chi connectivity index (χ0v) is 15.1. The van der Waals surface area contributed by atoms with Crippen molar-refractivity contribution in [2.45, 2.75) is 52.2 Å². The predicted molar refractivity (Wildman–Crippen MR) is 90.7 cm³/mol. The van der Waals surface area contributed by atoms with E-state index in [0.717, 1.165) is 0 Å². The fourth-order valence-electron chi connectivity index (χ4n) is 2.10. The topological polar surface area (TPSA) is 0 Å². The number of hydrogen-bond donors (Lipinski definition) is 0. The number of rotatable bonds is 4. The molecule has 100 valence electrons. The maximum Gasteiger partial charge on any atom is 0.0690 e. The van der Waals surface area contributed by atoms with Crippen molar-refractivity contribution in [2.24, 2.45) is 0 Å². The van der Waals surface area contributed by atoms with E-state index in [0.29, 0.717) is 0 Å². The van der Waals surface area contributed by atoms with Crippen molar-refractivity contribution in [3.8, 4) is 0 Å². The second-order valence-electron chi connectivity index (χ2n) is 7.64. The summed E-state index contributed by atoms with van der Waals surface area (Å²) in [7, 11) is -2.22. The Labute approximate surface area is 115 Å². The van der Waals surface area contributed by atoms with Gasteiger partial charge >= 0.3 is 0 Å². The second kappa shape index (κ2) is 5.58. The predicted octanol–water partition coefficient (Wildman–Crippen LogP) is 5.59. The molecule has 0 unspecified atom stereocenters. The van der Waals surface area contributed by atoms with Crippen LogP contribution in [0.3, 0.4) is 0 Å². The van der Waals surface area contributed by atoms with Gasteiger partial charge in [0.2, 0.25) is 0 Å². The second-order valence-corrected chi connectivity index (χ2v) is 18.1. The van der Waals surface area contributed by atoms with Gasteiger partial charge in [0, 0.05) is 8.07 Å². The summed E-state index contributed by atoms with van der Waals surface area (Å²) in [6.07, 6.45) is 0. The van der Waals surface area contributed by atoms with Gasteiger partial charge in [-0.3, -0.25) is 0 Å². The van der Waals surface area contributed by atoms with Crippen molar-refractivity contribution in [3.63, 3.8) is 0 Å². The van der Waals surface area contributed by atoms with Gasteiger partial charge in [0.1, 0.15) is 0 Å². The lowest BCUT2D eigenvalue weighted by molar-refractivity contribution is 1.42. The van der Waals surface area contributed by atoms with Crippen LogP contribution in [0.5, 0.6) is 0 Å². The van der Waals surface area contributed by atoms with Gasteiger partial charge in [-0.15, -0.1) is 0 Å². The van der Waals surface area contributed by atoms with Gasteiger partial charge in [0.25, 0.3) is 0 Å². The summed E-state index contributed by atoms with van der Waals surface area (Å²) >= 11 is 0. The molecule has 1 rings (SSSR count). The van der Waals surface area contributed by atoms with Crippen LogP contribution in [-0.4, -0.2) is 16.1 Å². The van der Waals surface area contributed by atoms with Crippen LogP contribution in [0.25, 0.3) is 5.57 Å². The average molecular weight is 277 g/mol. The Kier molecular flexibility index (Phi) is 4.79. The van der Waals surface area contributed by atoms with Crippen LogP contribution < -0.4 is 0 Å². The lowest BCUT2D eigenvalue weighted by atomic mass is 10.1. The molecule has 0 heterocycles. The SMILES string of the molecule is Cc1ccc(/C(=C\[Si](C)(C)C)C[Si](C)(C)C)cc1. The van der Waals surface area contributed by atoms with E-state index >= 15 is 0 Å². The number of aryl methyl sites for hydroxylation is 1. The normalized spacial score (nSPS) is 13.8. The first-order valence-corrected chi connectivity index (χ1v) is 14.1. The fraction of sp³-hybridized carbons (Fsp3) is 0.500. The Morgan fingerprint density at radius 3 is 1.83 bits per heavy atom. The summed E-state index contributed by atoms with van der Waals surface area (Å²) in [6.45, 7) is 16.8. The van der Waals surface area contributed by atoms with Gasteiger partial charge < -0.3 is 0 Å². The Hall–Kier alpha value is -0.606. The van der Waals surface area contributed by atoms with Crippen LogP contribution in [0.4, 0.5) is 0 Å². The van der Waals surface area contributed by atoms with E-state index < -0.39 is 16.1 Å². The zero-order valence-electron chi connectivity index (χ0n) is 13.1. The minimum atomic E-state index is -1.16. The molecular formula is C16H28Si2. The molecule has 0 atom stereocenters. The van der Waals surface area contributed by atoms with Crippen LogP contribution in [0.1, 0.15) is 11.1 Å². The Balaban J connectivity index is 3.13. The molecule has 0 aliphatic carbocycles. The molecule has 0 N–H and O–H groups in total. The molecule has 0 aliphatic rings. The largest absolute Gasteiger partial charge is 0.0916 e. The van der Waals surface area contributed by atoms with Crippen molar-refractivity contribution < 1.29 is 0 Å². The van der Waals surface area contributed by atoms with Gasteiger partial charge in [-0.05, 0) is 18.5 Å². The molecule has 0 bridgehead atoms. The first-order chi connectivity index (χ1) is 8.07. The quantitative estimate of drug-likeness (QED) is 0.628. The molecule has 0 nitrogen and oxygen atoms in total. The molecule has 0 saturated heterocycles. The van der Waals surface area contributed by atoms with Crippen molar-refractivity contribution in [2.75, 3.05) is 0 Å². The van der Waals surface area contributed by atoms with E-state index in [1.54, 1.807) is 5.57 Å². The van der Waals surface area contributed by atoms with Crippen molar-refractivity contribution in [1.29, 1.82) is 0 Å². The third-order valence-corrected chi connectivity index (χ3v) is 5.41. The maximum atomic E-state index is 2.59. The molecule has 0 saturated carbocycles. The standard InChI is InChI=1S/C16H28Si2/c1-14-8-10-15(11-9-14)16(12-17(2,3)4)13-18(5,6)7/h8-12H,13H2,1-7H3/b16-12-. The minimum Gasteiger partial charge on any atom is -0.0916 e. The molecule has 0 amide bonds. The molecule has 0 aromatic heterocycles. The lowest BCUT2D eigenvalue weighted by Crippen LogP contribution is -2.22. The van der Waals surface area contributed by atoms with Crippen LogP contribution in [0.2, 0.25) is 45.3 Å². The van der Waals surface area contributed by atoms with E-state index in [9.17, 15) is 0 Å². The minimum absolute atomic E-state index is 1.06. The summed E-state index contributed by atoms with van der Waals surface area (Å²) in [5, 5.41) is 0. The Morgan fingerprint density at radius 1 is 0.944 bits per heavy atom. The van der Waals surface area contributed by atoms with Crippen LogP contribution in [-0.2, 0) is 0 Å². The molecule has 0 radical (unpaired) electrons. The van der Waals surface area contributed by atoms with Gasteiger partial charge in [-0.25, -0.2) is 0 Å². The van der Waals surface area contributed by atoms with Crippen molar-refractivity contribution in [1.82, 2.24) is 0 Å². The highest BCUT2D eigenvalue weighted by Gasteiger charge is 2.19. The molecule has 1 aromatic rings. The van der Waals surface area contributed by atoms with Gasteiger partial charge in [0.05, 0.1) is 8.07 Å². The summed E-state index contributed by atoms with van der Waals surface area (Å²) in [6, 6.07) is 10.3. The maximum absolute atomic E-state index is 2.59. The third-order valence-electron chi connectivity index (χ3n) is 2.75. The van der Waals surface area contributed by atoms with E-state index in [4.69, 9.17) is 0 Å². The summed E-state index contributed by atoms with van der Waals surface area (Å²) < 4.78 is 0. The van der Waals surface area contributed by atoms with Crippen LogP contribution >= 0.6 is 0 Å². The molecule has 0 fully saturated rings. The van der Waals surface area contributed by atoms with Gasteiger partial charge in [0.15, 0.2) is 0 Å². The lowest BCUT2D eigenvalue weighted by Gasteiger charge is -2.22. The Bertz CT molecular complexity index is 414. The average Bonchev–Trinajstić information content (AvgIpc) is 2.13. The van der Waals surface area contributed by atoms with E-state index in [1.165, 1.54) is 17.2 Å². The monoisotopic (exact) mass is 276 g/mol. The van der Waals surface area contributed by atoms with Crippen molar-refractivity contribution in [3.05, 3.63) is 41.1 Å². The van der Waals surface area contributed by atoms with E-state index in [1.807, 2.05) is 0 Å².